The van der Waals surface area contributed by atoms with E-state index < -0.39 is 0 Å². The van der Waals surface area contributed by atoms with E-state index in [1.54, 1.807) is 6.33 Å². The molecule has 2 rings (SSSR count). The van der Waals surface area contributed by atoms with E-state index >= 15 is 0 Å². The first kappa shape index (κ1) is 11.6. The van der Waals surface area contributed by atoms with Crippen molar-refractivity contribution < 1.29 is 9.53 Å². The van der Waals surface area contributed by atoms with Crippen LogP contribution in [0.4, 0.5) is 0 Å². The van der Waals surface area contributed by atoms with Gasteiger partial charge in [0.1, 0.15) is 6.04 Å². The lowest BCUT2D eigenvalue weighted by molar-refractivity contribution is -0.150. The van der Waals surface area contributed by atoms with Gasteiger partial charge in [-0.25, -0.2) is 9.78 Å². The molecule has 1 aromatic carbocycles. The molecule has 1 unspecified atom stereocenters. The van der Waals surface area contributed by atoms with E-state index in [1.807, 2.05) is 49.6 Å². The fourth-order valence-electron chi connectivity index (χ4n) is 1.73. The average molecular weight is 232 g/mol. The number of rotatable bonds is 3. The minimum Gasteiger partial charge on any atom is -0.461 e. The van der Waals surface area contributed by atoms with Crippen molar-refractivity contribution in [3.63, 3.8) is 0 Å². The van der Waals surface area contributed by atoms with Crippen LogP contribution in [0.3, 0.4) is 0 Å². The third kappa shape index (κ3) is 2.30. The predicted octanol–water partition coefficient (Wildman–Crippen LogP) is 2.55. The molecule has 0 saturated heterocycles. The van der Waals surface area contributed by atoms with Gasteiger partial charge >= 0.3 is 5.97 Å². The molecular weight excluding hydrogens is 216 g/mol. The van der Waals surface area contributed by atoms with Crippen molar-refractivity contribution in [2.75, 3.05) is 0 Å². The SMILES string of the molecule is CC(C)OC(=O)C(C)n1cnc2ccccc21. The third-order valence-corrected chi connectivity index (χ3v) is 2.59. The minimum atomic E-state index is -0.357. The van der Waals surface area contributed by atoms with Crippen molar-refractivity contribution in [3.8, 4) is 0 Å². The van der Waals surface area contributed by atoms with E-state index in [2.05, 4.69) is 4.98 Å². The number of hydrogen-bond donors (Lipinski definition) is 0. The lowest BCUT2D eigenvalue weighted by atomic mass is 10.3. The Morgan fingerprint density at radius 1 is 1.29 bits per heavy atom. The van der Waals surface area contributed by atoms with Crippen molar-refractivity contribution in [1.82, 2.24) is 9.55 Å². The lowest BCUT2D eigenvalue weighted by Crippen LogP contribution is -2.21. The zero-order valence-corrected chi connectivity index (χ0v) is 10.3. The molecule has 0 aliphatic carbocycles. The van der Waals surface area contributed by atoms with Crippen LogP contribution < -0.4 is 0 Å². The zero-order valence-electron chi connectivity index (χ0n) is 10.3. The molecule has 1 atom stereocenters. The molecule has 0 spiro atoms. The van der Waals surface area contributed by atoms with Gasteiger partial charge in [-0.1, -0.05) is 12.1 Å². The summed E-state index contributed by atoms with van der Waals surface area (Å²) in [5.41, 5.74) is 1.83. The maximum atomic E-state index is 11.8. The molecule has 0 amide bonds. The summed E-state index contributed by atoms with van der Waals surface area (Å²) in [6.07, 6.45) is 1.58. The molecule has 4 heteroatoms. The quantitative estimate of drug-likeness (QED) is 0.764. The summed E-state index contributed by atoms with van der Waals surface area (Å²) in [4.78, 5) is 16.1. The summed E-state index contributed by atoms with van der Waals surface area (Å²) in [7, 11) is 0. The summed E-state index contributed by atoms with van der Waals surface area (Å²) < 4.78 is 7.03. The van der Waals surface area contributed by atoms with Crippen LogP contribution in [-0.4, -0.2) is 21.6 Å². The van der Waals surface area contributed by atoms with Gasteiger partial charge in [0.15, 0.2) is 0 Å². The van der Waals surface area contributed by atoms with Crippen molar-refractivity contribution >= 4 is 17.0 Å². The molecule has 4 nitrogen and oxygen atoms in total. The normalized spacial score (nSPS) is 12.9. The second-order valence-electron chi connectivity index (χ2n) is 4.30. The van der Waals surface area contributed by atoms with E-state index in [-0.39, 0.29) is 18.1 Å². The summed E-state index contributed by atoms with van der Waals surface area (Å²) in [5.74, 6) is -0.233. The average Bonchev–Trinajstić information content (AvgIpc) is 2.70. The number of benzene rings is 1. The number of carbonyl (C=O) groups excluding carboxylic acids is 1. The summed E-state index contributed by atoms with van der Waals surface area (Å²) in [6, 6.07) is 7.37. The first-order valence-corrected chi connectivity index (χ1v) is 5.71. The molecule has 17 heavy (non-hydrogen) atoms. The Morgan fingerprint density at radius 2 is 2.00 bits per heavy atom. The Hall–Kier alpha value is -1.84. The monoisotopic (exact) mass is 232 g/mol. The Balaban J connectivity index is 2.30. The van der Waals surface area contributed by atoms with E-state index in [4.69, 9.17) is 4.74 Å². The van der Waals surface area contributed by atoms with Crippen LogP contribution in [0.1, 0.15) is 26.8 Å². The van der Waals surface area contributed by atoms with Crippen LogP contribution in [0.5, 0.6) is 0 Å². The van der Waals surface area contributed by atoms with Gasteiger partial charge in [0.05, 0.1) is 23.5 Å². The van der Waals surface area contributed by atoms with Gasteiger partial charge in [0.25, 0.3) is 0 Å². The largest absolute Gasteiger partial charge is 0.461 e. The number of hydrogen-bond acceptors (Lipinski definition) is 3. The Bertz CT molecular complexity index is 531. The lowest BCUT2D eigenvalue weighted by Gasteiger charge is -2.15. The number of fused-ring (bicyclic) bond motifs is 1. The fraction of sp³-hybridized carbons (Fsp3) is 0.385. The van der Waals surface area contributed by atoms with E-state index in [1.165, 1.54) is 0 Å². The molecule has 1 heterocycles. The van der Waals surface area contributed by atoms with E-state index in [0.717, 1.165) is 11.0 Å². The minimum absolute atomic E-state index is 0.0975. The predicted molar refractivity (Wildman–Crippen MR) is 65.7 cm³/mol. The first-order valence-electron chi connectivity index (χ1n) is 5.71. The Kier molecular flexibility index (Phi) is 3.13. The van der Waals surface area contributed by atoms with Gasteiger partial charge in [-0.15, -0.1) is 0 Å². The number of nitrogens with zero attached hydrogens (tertiary/aromatic N) is 2. The summed E-state index contributed by atoms with van der Waals surface area (Å²) in [5, 5.41) is 0. The van der Waals surface area contributed by atoms with Gasteiger partial charge in [-0.3, -0.25) is 0 Å². The maximum absolute atomic E-state index is 11.8. The zero-order chi connectivity index (χ0) is 12.4. The molecular formula is C13H16N2O2. The second kappa shape index (κ2) is 4.57. The molecule has 1 aromatic heterocycles. The smallest absolute Gasteiger partial charge is 0.329 e. The Morgan fingerprint density at radius 3 is 2.71 bits per heavy atom. The van der Waals surface area contributed by atoms with Crippen molar-refractivity contribution in [2.24, 2.45) is 0 Å². The number of imidazole rings is 1. The fourth-order valence-corrected chi connectivity index (χ4v) is 1.73. The van der Waals surface area contributed by atoms with E-state index in [9.17, 15) is 4.79 Å². The van der Waals surface area contributed by atoms with Crippen molar-refractivity contribution in [3.05, 3.63) is 30.6 Å². The molecule has 0 bridgehead atoms. The topological polar surface area (TPSA) is 44.1 Å². The highest BCUT2D eigenvalue weighted by atomic mass is 16.5. The highest BCUT2D eigenvalue weighted by molar-refractivity contribution is 5.80. The van der Waals surface area contributed by atoms with Gasteiger partial charge in [-0.2, -0.15) is 0 Å². The Labute approximate surface area is 100 Å². The summed E-state index contributed by atoms with van der Waals surface area (Å²) >= 11 is 0. The summed E-state index contributed by atoms with van der Waals surface area (Å²) in [6.45, 7) is 5.51. The molecule has 0 radical (unpaired) electrons. The van der Waals surface area contributed by atoms with E-state index in [0.29, 0.717) is 0 Å². The van der Waals surface area contributed by atoms with Gasteiger partial charge in [0, 0.05) is 0 Å². The second-order valence-corrected chi connectivity index (χ2v) is 4.30. The van der Waals surface area contributed by atoms with Gasteiger partial charge in [-0.05, 0) is 32.9 Å². The van der Waals surface area contributed by atoms with Crippen LogP contribution in [0, 0.1) is 0 Å². The molecule has 0 N–H and O–H groups in total. The number of esters is 1. The maximum Gasteiger partial charge on any atom is 0.329 e. The van der Waals surface area contributed by atoms with Crippen molar-refractivity contribution in [1.29, 1.82) is 0 Å². The van der Waals surface area contributed by atoms with Crippen molar-refractivity contribution in [2.45, 2.75) is 32.9 Å². The van der Waals surface area contributed by atoms with Crippen LogP contribution >= 0.6 is 0 Å². The number of ether oxygens (including phenoxy) is 1. The van der Waals surface area contributed by atoms with Crippen LogP contribution in [0.2, 0.25) is 0 Å². The number of aromatic nitrogens is 2. The number of para-hydroxylation sites is 2. The molecule has 0 aliphatic heterocycles. The van der Waals surface area contributed by atoms with Crippen LogP contribution in [0.15, 0.2) is 30.6 Å². The molecule has 0 saturated carbocycles. The van der Waals surface area contributed by atoms with Crippen LogP contribution in [-0.2, 0) is 9.53 Å². The van der Waals surface area contributed by atoms with Gasteiger partial charge in [0.2, 0.25) is 0 Å². The number of carbonyl (C=O) groups is 1. The molecule has 2 aromatic rings. The standard InChI is InChI=1S/C13H16N2O2/c1-9(2)17-13(16)10(3)15-8-14-11-6-4-5-7-12(11)15/h4-10H,1-3H3. The van der Waals surface area contributed by atoms with Crippen LogP contribution in [0.25, 0.3) is 11.0 Å². The molecule has 90 valence electrons. The highest BCUT2D eigenvalue weighted by Gasteiger charge is 2.19. The third-order valence-electron chi connectivity index (χ3n) is 2.59. The van der Waals surface area contributed by atoms with Gasteiger partial charge < -0.3 is 9.30 Å². The molecule has 0 aliphatic rings. The molecule has 0 fully saturated rings. The first-order chi connectivity index (χ1) is 8.09. The highest BCUT2D eigenvalue weighted by Crippen LogP contribution is 2.18.